The Morgan fingerprint density at radius 1 is 1.04 bits per heavy atom. The van der Waals surface area contributed by atoms with E-state index in [1.807, 2.05) is 19.9 Å². The van der Waals surface area contributed by atoms with Gasteiger partial charge in [0, 0.05) is 46.6 Å². The molecule has 6 aliphatic carbocycles. The number of carbonyl (C=O) groups is 2. The average Bonchev–Trinajstić information content (AvgIpc) is 3.65. The van der Waals surface area contributed by atoms with E-state index in [0.29, 0.717) is 57.2 Å². The Morgan fingerprint density at radius 3 is 2.45 bits per heavy atom. The number of halogens is 3. The number of urea groups is 1. The highest BCUT2D eigenvalue weighted by Gasteiger charge is 2.74. The van der Waals surface area contributed by atoms with Crippen molar-refractivity contribution in [1.29, 1.82) is 0 Å². The third kappa shape index (κ3) is 5.16. The monoisotopic (exact) mass is 684 g/mol. The lowest BCUT2D eigenvalue weighted by Crippen LogP contribution is -2.67. The normalized spacial score (nSPS) is 40.8. The lowest BCUT2D eigenvalue weighted by atomic mass is 9.32. The number of aliphatic hydroxyl groups excluding tert-OH is 1. The number of fused-ring (bicyclic) bond motifs is 1. The minimum Gasteiger partial charge on any atom is -0.393 e. The highest BCUT2D eigenvalue weighted by atomic mass is 19.4. The molecule has 2 spiro atoms. The molecule has 4 fully saturated rings. The number of Topliss-reactive ketones (excluding diaryl/α,β-unsaturated/α-hetero) is 1. The number of aliphatic hydroxyl groups is 2. The molecule has 49 heavy (non-hydrogen) atoms. The predicted molar refractivity (Wildman–Crippen MR) is 179 cm³/mol. The summed E-state index contributed by atoms with van der Waals surface area (Å²) in [6.07, 6.45) is 7.20. The van der Waals surface area contributed by atoms with Crippen LogP contribution >= 0.6 is 0 Å². The van der Waals surface area contributed by atoms with Crippen LogP contribution in [0.15, 0.2) is 48.1 Å². The van der Waals surface area contributed by atoms with Gasteiger partial charge in [0.25, 0.3) is 0 Å². The molecule has 3 saturated carbocycles. The Labute approximate surface area is 287 Å². The van der Waals surface area contributed by atoms with Crippen LogP contribution in [0, 0.1) is 33.5 Å². The van der Waals surface area contributed by atoms with Gasteiger partial charge < -0.3 is 25.2 Å². The summed E-state index contributed by atoms with van der Waals surface area (Å²) in [7, 11) is 0. The van der Waals surface area contributed by atoms with Crippen LogP contribution in [0.25, 0.3) is 0 Å². The number of ether oxygens (including phenoxy) is 1. The summed E-state index contributed by atoms with van der Waals surface area (Å²) in [6.45, 7) is 9.33. The molecule has 9 atom stereocenters. The number of benzene rings is 1. The summed E-state index contributed by atoms with van der Waals surface area (Å²) in [6, 6.07) is 4.36. The summed E-state index contributed by atoms with van der Waals surface area (Å²) < 4.78 is 47.4. The molecule has 7 aliphatic rings. The molecule has 2 bridgehead atoms. The molecule has 268 valence electrons. The fourth-order valence-electron chi connectivity index (χ4n) is 11.5. The third-order valence-corrected chi connectivity index (χ3v) is 14.0. The Bertz CT molecular complexity index is 1570. The smallest absolute Gasteiger partial charge is 0.393 e. The van der Waals surface area contributed by atoms with Gasteiger partial charge in [-0.05, 0) is 101 Å². The molecular weight excluding hydrogens is 633 g/mol. The fraction of sp³-hybridized carbons (Fsp3) is 0.692. The molecule has 1 aromatic carbocycles. The number of nitrogens with zero attached hydrogens (tertiary/aromatic N) is 1. The highest BCUT2D eigenvalue weighted by molar-refractivity contribution is 6.10. The number of hydrogen-bond acceptors (Lipinski definition) is 5. The van der Waals surface area contributed by atoms with Crippen molar-refractivity contribution in [2.24, 2.45) is 33.5 Å². The zero-order valence-electron chi connectivity index (χ0n) is 29.1. The van der Waals surface area contributed by atoms with Crippen molar-refractivity contribution in [3.05, 3.63) is 59.2 Å². The van der Waals surface area contributed by atoms with Crippen LogP contribution < -0.4 is 5.32 Å². The summed E-state index contributed by atoms with van der Waals surface area (Å²) >= 11 is 0. The molecule has 7 nitrogen and oxygen atoms in total. The maximum Gasteiger partial charge on any atom is 0.416 e. The van der Waals surface area contributed by atoms with E-state index in [-0.39, 0.29) is 47.5 Å². The second kappa shape index (κ2) is 11.7. The summed E-state index contributed by atoms with van der Waals surface area (Å²) in [4.78, 5) is 30.0. The zero-order chi connectivity index (χ0) is 35.2. The second-order valence-electron chi connectivity index (χ2n) is 16.8. The van der Waals surface area contributed by atoms with Crippen molar-refractivity contribution in [3.8, 4) is 0 Å². The van der Waals surface area contributed by atoms with Gasteiger partial charge in [0.05, 0.1) is 29.9 Å². The number of nitrogens with one attached hydrogen (secondary N) is 1. The summed E-state index contributed by atoms with van der Waals surface area (Å²) in [5.41, 5.74) is -4.02. The van der Waals surface area contributed by atoms with Crippen molar-refractivity contribution < 1.29 is 37.7 Å². The van der Waals surface area contributed by atoms with E-state index >= 15 is 0 Å². The van der Waals surface area contributed by atoms with Crippen molar-refractivity contribution >= 4 is 11.8 Å². The topological polar surface area (TPSA) is 99.1 Å². The Balaban J connectivity index is 1.31. The molecule has 1 saturated heterocycles. The minimum absolute atomic E-state index is 0.0000877. The van der Waals surface area contributed by atoms with Gasteiger partial charge in [0.2, 0.25) is 0 Å². The maximum atomic E-state index is 14.7. The molecule has 0 aromatic heterocycles. The van der Waals surface area contributed by atoms with Crippen LogP contribution in [0.3, 0.4) is 0 Å². The first kappa shape index (κ1) is 34.7. The number of amides is 2. The minimum atomic E-state index is -4.59. The molecule has 1 aliphatic heterocycles. The van der Waals surface area contributed by atoms with Gasteiger partial charge in [-0.25, -0.2) is 4.79 Å². The second-order valence-corrected chi connectivity index (χ2v) is 16.8. The molecule has 3 N–H and O–H groups in total. The van der Waals surface area contributed by atoms with E-state index in [2.05, 4.69) is 31.3 Å². The van der Waals surface area contributed by atoms with E-state index in [4.69, 9.17) is 4.74 Å². The van der Waals surface area contributed by atoms with E-state index < -0.39 is 45.5 Å². The largest absolute Gasteiger partial charge is 0.416 e. The first-order chi connectivity index (χ1) is 23.0. The van der Waals surface area contributed by atoms with Crippen LogP contribution in [0.2, 0.25) is 0 Å². The standard InChI is InChI=1S/C39H51F3N2O5/c1-24(2)43-33(47)44(22-28-9-6-18-49-28)23-37(48)15-12-31-35(37,4)14-11-30-34(3)13-10-27(45)20-36(34)16-17-38(30,31)29(21-36)32(46)25-7-5-8-26(19-25)39(40,41)42/h5,7-8,16-17,19,21,24,27-28,30-31,45,48H,6,9-15,18,20,22-23H2,1-4H3,(H,43,47)/t27?,28-,30-,31-,34-,35+,36+,37-,38-/m1/s1. The molecule has 2 amide bonds. The average molecular weight is 685 g/mol. The van der Waals surface area contributed by atoms with E-state index in [9.17, 15) is 33.0 Å². The number of hydrogen-bond donors (Lipinski definition) is 3. The highest BCUT2D eigenvalue weighted by Crippen LogP contribution is 2.78. The van der Waals surface area contributed by atoms with E-state index in [0.717, 1.165) is 31.4 Å². The van der Waals surface area contributed by atoms with Gasteiger partial charge in [0.15, 0.2) is 5.78 Å². The summed E-state index contributed by atoms with van der Waals surface area (Å²) in [5.74, 6) is -0.612. The predicted octanol–water partition coefficient (Wildman–Crippen LogP) is 7.08. The SMILES string of the molecule is CC(C)NC(=O)N(C[C@H]1CCCO1)C[C@]1(O)CC[C@H]2[C@]34C=C[C@@]5(C=C3C(=O)c3cccc(C(F)(F)F)c3)CC(O)CC[C@]5(C)[C@H]4CC[C@@]21C. The van der Waals surface area contributed by atoms with Crippen molar-refractivity contribution in [2.75, 3.05) is 19.7 Å². The fourth-order valence-corrected chi connectivity index (χ4v) is 11.5. The van der Waals surface area contributed by atoms with Gasteiger partial charge >= 0.3 is 12.2 Å². The third-order valence-electron chi connectivity index (χ3n) is 14.0. The van der Waals surface area contributed by atoms with Gasteiger partial charge in [0.1, 0.15) is 0 Å². The zero-order valence-corrected chi connectivity index (χ0v) is 29.1. The maximum absolute atomic E-state index is 14.7. The lowest BCUT2D eigenvalue weighted by Gasteiger charge is -2.71. The van der Waals surface area contributed by atoms with Gasteiger partial charge in [-0.3, -0.25) is 4.79 Å². The molecular formula is C39H51F3N2O5. The van der Waals surface area contributed by atoms with Crippen LogP contribution in [0.5, 0.6) is 0 Å². The van der Waals surface area contributed by atoms with Gasteiger partial charge in [-0.1, -0.05) is 44.2 Å². The number of alkyl halides is 3. The van der Waals surface area contributed by atoms with Crippen molar-refractivity contribution in [3.63, 3.8) is 0 Å². The van der Waals surface area contributed by atoms with Gasteiger partial charge in [-0.2, -0.15) is 13.2 Å². The molecule has 1 aromatic rings. The quantitative estimate of drug-likeness (QED) is 0.211. The first-order valence-electron chi connectivity index (χ1n) is 18.2. The van der Waals surface area contributed by atoms with Crippen molar-refractivity contribution in [1.82, 2.24) is 10.2 Å². The van der Waals surface area contributed by atoms with E-state index in [1.165, 1.54) is 12.1 Å². The van der Waals surface area contributed by atoms with Gasteiger partial charge in [-0.15, -0.1) is 0 Å². The Hall–Kier alpha value is -2.69. The van der Waals surface area contributed by atoms with Crippen LogP contribution in [0.4, 0.5) is 18.0 Å². The number of allylic oxidation sites excluding steroid dienone is 4. The lowest BCUT2D eigenvalue weighted by molar-refractivity contribution is -0.175. The molecule has 0 radical (unpaired) electrons. The van der Waals surface area contributed by atoms with Crippen LogP contribution in [-0.2, 0) is 10.9 Å². The Morgan fingerprint density at radius 2 is 1.76 bits per heavy atom. The Kier molecular flexibility index (Phi) is 8.27. The van der Waals surface area contributed by atoms with Crippen LogP contribution in [-0.4, -0.2) is 70.5 Å². The van der Waals surface area contributed by atoms with E-state index in [1.54, 1.807) is 4.90 Å². The first-order valence-corrected chi connectivity index (χ1v) is 18.2. The van der Waals surface area contributed by atoms with Crippen LogP contribution in [0.1, 0.15) is 101 Å². The molecule has 8 rings (SSSR count). The number of ketones is 1. The molecule has 1 unspecified atom stereocenters. The molecule has 10 heteroatoms. The number of rotatable bonds is 7. The summed E-state index contributed by atoms with van der Waals surface area (Å²) in [5, 5.41) is 26.8. The molecule has 1 heterocycles. The van der Waals surface area contributed by atoms with Crippen molar-refractivity contribution in [2.45, 2.75) is 116 Å². The number of carbonyl (C=O) groups excluding carboxylic acids is 2.